The van der Waals surface area contributed by atoms with Gasteiger partial charge in [-0.3, -0.25) is 9.69 Å². The molecule has 0 radical (unpaired) electrons. The molecule has 1 heterocycles. The first-order valence-corrected chi connectivity index (χ1v) is 6.02. The Morgan fingerprint density at radius 2 is 2.12 bits per heavy atom. The smallest absolute Gasteiger partial charge is 0.326 e. The molecule has 0 N–H and O–H groups in total. The van der Waals surface area contributed by atoms with Crippen molar-refractivity contribution in [1.82, 2.24) is 4.90 Å². The summed E-state index contributed by atoms with van der Waals surface area (Å²) in [6.07, 6.45) is 2.67. The van der Waals surface area contributed by atoms with E-state index in [1.54, 1.807) is 0 Å². The molecule has 0 aromatic heterocycles. The highest BCUT2D eigenvalue weighted by Crippen LogP contribution is 2.32. The van der Waals surface area contributed by atoms with Crippen molar-refractivity contribution >= 4 is 5.97 Å². The summed E-state index contributed by atoms with van der Waals surface area (Å²) < 4.78 is 5.00. The second-order valence-electron chi connectivity index (χ2n) is 4.71. The lowest BCUT2D eigenvalue weighted by molar-refractivity contribution is -0.152. The monoisotopic (exact) mass is 233 g/mol. The maximum Gasteiger partial charge on any atom is 0.326 e. The standard InChI is InChI=1S/C14H19NO2/c1-15-10-6-9-14(15,13(16)17-2)11-12-7-4-3-5-8-12/h3-5,7-8H,6,9-11H2,1-2H3/t14-/m0/s1. The van der Waals surface area contributed by atoms with Crippen LogP contribution >= 0.6 is 0 Å². The van der Waals surface area contributed by atoms with Crippen LogP contribution in [-0.2, 0) is 16.0 Å². The van der Waals surface area contributed by atoms with Crippen molar-refractivity contribution in [3.05, 3.63) is 35.9 Å². The van der Waals surface area contributed by atoms with E-state index in [4.69, 9.17) is 4.74 Å². The molecular weight excluding hydrogens is 214 g/mol. The number of likely N-dealkylation sites (N-methyl/N-ethyl adjacent to an activating group) is 1. The highest BCUT2D eigenvalue weighted by atomic mass is 16.5. The summed E-state index contributed by atoms with van der Waals surface area (Å²) in [6, 6.07) is 10.1. The Hall–Kier alpha value is -1.35. The Balaban J connectivity index is 2.26. The molecule has 1 aliphatic heterocycles. The number of carbonyl (C=O) groups is 1. The zero-order valence-corrected chi connectivity index (χ0v) is 10.5. The first-order chi connectivity index (χ1) is 8.19. The highest BCUT2D eigenvalue weighted by molar-refractivity contribution is 5.81. The lowest BCUT2D eigenvalue weighted by Gasteiger charge is -2.33. The van der Waals surface area contributed by atoms with E-state index in [-0.39, 0.29) is 5.97 Å². The van der Waals surface area contributed by atoms with Gasteiger partial charge in [-0.2, -0.15) is 0 Å². The van der Waals surface area contributed by atoms with E-state index in [0.717, 1.165) is 25.8 Å². The normalized spacial score (nSPS) is 24.8. The lowest BCUT2D eigenvalue weighted by Crippen LogP contribution is -2.51. The third-order valence-electron chi connectivity index (χ3n) is 3.72. The molecule has 1 atom stereocenters. The van der Waals surface area contributed by atoms with Crippen molar-refractivity contribution in [2.24, 2.45) is 0 Å². The Kier molecular flexibility index (Phi) is 3.48. The summed E-state index contributed by atoms with van der Waals surface area (Å²) in [4.78, 5) is 14.2. The van der Waals surface area contributed by atoms with E-state index >= 15 is 0 Å². The van der Waals surface area contributed by atoms with Gasteiger partial charge < -0.3 is 4.74 Å². The van der Waals surface area contributed by atoms with Crippen molar-refractivity contribution < 1.29 is 9.53 Å². The van der Waals surface area contributed by atoms with E-state index < -0.39 is 5.54 Å². The molecular formula is C14H19NO2. The number of methoxy groups -OCH3 is 1. The first kappa shape index (κ1) is 12.1. The van der Waals surface area contributed by atoms with Gasteiger partial charge in [-0.15, -0.1) is 0 Å². The molecule has 3 heteroatoms. The van der Waals surface area contributed by atoms with Crippen molar-refractivity contribution in [2.45, 2.75) is 24.8 Å². The molecule has 0 aliphatic carbocycles. The van der Waals surface area contributed by atoms with Crippen molar-refractivity contribution in [2.75, 3.05) is 20.7 Å². The third-order valence-corrected chi connectivity index (χ3v) is 3.72. The SMILES string of the molecule is COC(=O)[C@@]1(Cc2ccccc2)CCCN1C. The van der Waals surface area contributed by atoms with Crippen molar-refractivity contribution in [3.63, 3.8) is 0 Å². The number of likely N-dealkylation sites (tertiary alicyclic amines) is 1. The van der Waals surface area contributed by atoms with Crippen LogP contribution in [-0.4, -0.2) is 37.1 Å². The van der Waals surface area contributed by atoms with Gasteiger partial charge in [0, 0.05) is 6.42 Å². The summed E-state index contributed by atoms with van der Waals surface area (Å²) in [5, 5.41) is 0. The second-order valence-corrected chi connectivity index (χ2v) is 4.71. The maximum atomic E-state index is 12.1. The summed E-state index contributed by atoms with van der Waals surface area (Å²) in [5.74, 6) is -0.110. The number of nitrogens with zero attached hydrogens (tertiary/aromatic N) is 1. The van der Waals surface area contributed by atoms with Crippen LogP contribution in [0.5, 0.6) is 0 Å². The molecule has 2 rings (SSSR count). The molecule has 0 saturated carbocycles. The Bertz CT molecular complexity index is 390. The van der Waals surface area contributed by atoms with Crippen molar-refractivity contribution in [1.29, 1.82) is 0 Å². The first-order valence-electron chi connectivity index (χ1n) is 6.02. The third kappa shape index (κ3) is 2.20. The fraction of sp³-hybridized carbons (Fsp3) is 0.500. The summed E-state index contributed by atoms with van der Waals surface area (Å²) in [7, 11) is 3.48. The number of hydrogen-bond acceptors (Lipinski definition) is 3. The van der Waals surface area contributed by atoms with Gasteiger partial charge in [0.25, 0.3) is 0 Å². The molecule has 1 aromatic carbocycles. The highest BCUT2D eigenvalue weighted by Gasteiger charge is 2.46. The van der Waals surface area contributed by atoms with E-state index in [2.05, 4.69) is 17.0 Å². The molecule has 0 bridgehead atoms. The van der Waals surface area contributed by atoms with Gasteiger partial charge in [0.05, 0.1) is 7.11 Å². The zero-order valence-electron chi connectivity index (χ0n) is 10.5. The van der Waals surface area contributed by atoms with Gasteiger partial charge in [0.15, 0.2) is 0 Å². The van der Waals surface area contributed by atoms with Crippen LogP contribution < -0.4 is 0 Å². The van der Waals surface area contributed by atoms with Crippen molar-refractivity contribution in [3.8, 4) is 0 Å². The Morgan fingerprint density at radius 1 is 1.41 bits per heavy atom. The summed E-state index contributed by atoms with van der Waals surface area (Å²) >= 11 is 0. The van der Waals surface area contributed by atoms with Gasteiger partial charge >= 0.3 is 5.97 Å². The zero-order chi connectivity index (χ0) is 12.3. The number of rotatable bonds is 3. The molecule has 3 nitrogen and oxygen atoms in total. The second kappa shape index (κ2) is 4.88. The molecule has 92 valence electrons. The van der Waals surface area contributed by atoms with Gasteiger partial charge in [-0.1, -0.05) is 30.3 Å². The topological polar surface area (TPSA) is 29.5 Å². The fourth-order valence-electron chi connectivity index (χ4n) is 2.69. The lowest BCUT2D eigenvalue weighted by atomic mass is 9.88. The molecule has 0 spiro atoms. The minimum absolute atomic E-state index is 0.110. The van der Waals surface area contributed by atoms with Crippen LogP contribution in [0.15, 0.2) is 30.3 Å². The predicted octanol–water partition coefficient (Wildman–Crippen LogP) is 1.87. The van der Waals surface area contributed by atoms with Crippen LogP contribution in [0.25, 0.3) is 0 Å². The minimum atomic E-state index is -0.462. The number of esters is 1. The van der Waals surface area contributed by atoms with E-state index in [1.165, 1.54) is 12.7 Å². The van der Waals surface area contributed by atoms with Crippen LogP contribution in [0, 0.1) is 0 Å². The quantitative estimate of drug-likeness (QED) is 0.746. The van der Waals surface area contributed by atoms with Gasteiger partial charge in [0.2, 0.25) is 0 Å². The maximum absolute atomic E-state index is 12.1. The largest absolute Gasteiger partial charge is 0.468 e. The Morgan fingerprint density at radius 3 is 2.65 bits per heavy atom. The average Bonchev–Trinajstić information content (AvgIpc) is 2.72. The Labute approximate surface area is 102 Å². The van der Waals surface area contributed by atoms with E-state index in [1.807, 2.05) is 25.2 Å². The molecule has 1 aromatic rings. The van der Waals surface area contributed by atoms with Gasteiger partial charge in [0.1, 0.15) is 5.54 Å². The molecule has 17 heavy (non-hydrogen) atoms. The van der Waals surface area contributed by atoms with Gasteiger partial charge in [-0.05, 0) is 32.0 Å². The van der Waals surface area contributed by atoms with Crippen LogP contribution in [0.2, 0.25) is 0 Å². The molecule has 0 unspecified atom stereocenters. The van der Waals surface area contributed by atoms with E-state index in [9.17, 15) is 4.79 Å². The number of hydrogen-bond donors (Lipinski definition) is 0. The molecule has 1 aliphatic rings. The minimum Gasteiger partial charge on any atom is -0.468 e. The fourth-order valence-corrected chi connectivity index (χ4v) is 2.69. The van der Waals surface area contributed by atoms with Gasteiger partial charge in [-0.25, -0.2) is 0 Å². The predicted molar refractivity (Wildman–Crippen MR) is 66.8 cm³/mol. The van der Waals surface area contributed by atoms with Crippen LogP contribution in [0.4, 0.5) is 0 Å². The van der Waals surface area contributed by atoms with E-state index in [0.29, 0.717) is 0 Å². The molecule has 0 amide bonds. The number of carbonyl (C=O) groups excluding carboxylic acids is 1. The van der Waals surface area contributed by atoms with Crippen LogP contribution in [0.1, 0.15) is 18.4 Å². The average molecular weight is 233 g/mol. The summed E-state index contributed by atoms with van der Waals surface area (Å²) in [5.41, 5.74) is 0.725. The number of benzene rings is 1. The van der Waals surface area contributed by atoms with Crippen LogP contribution in [0.3, 0.4) is 0 Å². The number of ether oxygens (including phenoxy) is 1. The molecule has 1 fully saturated rings. The summed E-state index contributed by atoms with van der Waals surface area (Å²) in [6.45, 7) is 0.960. The molecule has 1 saturated heterocycles.